The molecular formula is C26H55NO2. The molecule has 0 heterocycles. The van der Waals surface area contributed by atoms with Crippen molar-refractivity contribution in [2.24, 2.45) is 5.73 Å². The van der Waals surface area contributed by atoms with E-state index in [1.807, 2.05) is 0 Å². The van der Waals surface area contributed by atoms with Crippen LogP contribution in [-0.2, 0) is 4.79 Å². The summed E-state index contributed by atoms with van der Waals surface area (Å²) in [7, 11) is 0. The Morgan fingerprint density at radius 1 is 0.517 bits per heavy atom. The maximum absolute atomic E-state index is 10.3. The number of hydrogen-bond acceptors (Lipinski definition) is 2. The average Bonchev–Trinajstić information content (AvgIpc) is 2.71. The summed E-state index contributed by atoms with van der Waals surface area (Å²) >= 11 is 0. The van der Waals surface area contributed by atoms with Crippen LogP contribution in [0.3, 0.4) is 0 Å². The Morgan fingerprint density at radius 2 is 0.793 bits per heavy atom. The van der Waals surface area contributed by atoms with Crippen molar-refractivity contribution in [3.8, 4) is 0 Å². The number of carboxylic acids is 1. The quantitative estimate of drug-likeness (QED) is 0.174. The highest BCUT2D eigenvalue weighted by molar-refractivity contribution is 5.66. The molecule has 0 fully saturated rings. The summed E-state index contributed by atoms with van der Waals surface area (Å²) in [6, 6.07) is 0. The minimum Gasteiger partial charge on any atom is -0.481 e. The number of rotatable bonds is 22. The Labute approximate surface area is 183 Å². The van der Waals surface area contributed by atoms with E-state index >= 15 is 0 Å². The van der Waals surface area contributed by atoms with Crippen LogP contribution in [0, 0.1) is 0 Å². The molecule has 3 heteroatoms. The highest BCUT2D eigenvalue weighted by Gasteiger charge is 1.97. The van der Waals surface area contributed by atoms with Gasteiger partial charge in [0.05, 0.1) is 0 Å². The van der Waals surface area contributed by atoms with Crippen molar-refractivity contribution in [1.29, 1.82) is 0 Å². The summed E-state index contributed by atoms with van der Waals surface area (Å²) in [5.41, 5.74) is 5.39. The van der Waals surface area contributed by atoms with E-state index in [4.69, 9.17) is 10.8 Å². The monoisotopic (exact) mass is 413 g/mol. The second kappa shape index (κ2) is 29.6. The van der Waals surface area contributed by atoms with Crippen molar-refractivity contribution in [3.05, 3.63) is 0 Å². The zero-order valence-corrected chi connectivity index (χ0v) is 20.2. The zero-order chi connectivity index (χ0) is 21.8. The molecule has 0 aliphatic heterocycles. The van der Waals surface area contributed by atoms with Crippen LogP contribution < -0.4 is 5.73 Å². The Kier molecular flexibility index (Phi) is 31.3. The highest BCUT2D eigenvalue weighted by atomic mass is 16.4. The highest BCUT2D eigenvalue weighted by Crippen LogP contribution is 2.12. The molecule has 0 aromatic heterocycles. The fourth-order valence-electron chi connectivity index (χ4n) is 3.57. The fraction of sp³-hybridized carbons (Fsp3) is 0.962. The summed E-state index contributed by atoms with van der Waals surface area (Å²) in [6.45, 7) is 5.39. The zero-order valence-electron chi connectivity index (χ0n) is 20.2. The second-order valence-corrected chi connectivity index (χ2v) is 8.65. The molecule has 0 saturated carbocycles. The largest absolute Gasteiger partial charge is 0.481 e. The fourth-order valence-corrected chi connectivity index (χ4v) is 3.57. The van der Waals surface area contributed by atoms with Crippen molar-refractivity contribution in [2.75, 3.05) is 6.54 Å². The van der Waals surface area contributed by atoms with Crippen LogP contribution >= 0.6 is 0 Å². The van der Waals surface area contributed by atoms with E-state index in [-0.39, 0.29) is 0 Å². The van der Waals surface area contributed by atoms with Gasteiger partial charge in [-0.25, -0.2) is 0 Å². The standard InChI is InChI=1S/C16H32O2.C10H23N/c1-2-3-4-5-6-7-8-9-10-11-12-13-14-15-16(17)18;1-2-3-4-5-6-7-8-9-10-11/h2-15H2,1H3,(H,17,18);2-11H2,1H3. The minimum absolute atomic E-state index is 0.345. The molecule has 0 aliphatic carbocycles. The molecule has 0 unspecified atom stereocenters. The Bertz CT molecular complexity index is 286. The molecule has 176 valence electrons. The van der Waals surface area contributed by atoms with E-state index in [9.17, 15) is 4.79 Å². The minimum atomic E-state index is -0.655. The van der Waals surface area contributed by atoms with Gasteiger partial charge in [0.15, 0.2) is 0 Å². The molecule has 0 atom stereocenters. The Morgan fingerprint density at radius 3 is 1.07 bits per heavy atom. The van der Waals surface area contributed by atoms with Gasteiger partial charge in [0, 0.05) is 6.42 Å². The van der Waals surface area contributed by atoms with E-state index in [0.717, 1.165) is 19.4 Å². The van der Waals surface area contributed by atoms with Crippen molar-refractivity contribution in [3.63, 3.8) is 0 Å². The van der Waals surface area contributed by atoms with Gasteiger partial charge in [-0.15, -0.1) is 0 Å². The van der Waals surface area contributed by atoms with Gasteiger partial charge in [0.25, 0.3) is 0 Å². The molecule has 0 aromatic carbocycles. The molecule has 0 saturated heterocycles. The maximum Gasteiger partial charge on any atom is 0.303 e. The van der Waals surface area contributed by atoms with Crippen LogP contribution in [0.5, 0.6) is 0 Å². The summed E-state index contributed by atoms with van der Waals surface area (Å²) < 4.78 is 0. The van der Waals surface area contributed by atoms with Crippen LogP contribution in [0.2, 0.25) is 0 Å². The third kappa shape index (κ3) is 35.3. The molecule has 0 aliphatic rings. The first kappa shape index (κ1) is 30.6. The topological polar surface area (TPSA) is 63.3 Å². The molecule has 3 nitrogen and oxygen atoms in total. The smallest absolute Gasteiger partial charge is 0.303 e. The van der Waals surface area contributed by atoms with Gasteiger partial charge >= 0.3 is 5.97 Å². The predicted molar refractivity (Wildman–Crippen MR) is 130 cm³/mol. The number of nitrogens with two attached hydrogens (primary N) is 1. The molecule has 29 heavy (non-hydrogen) atoms. The molecule has 0 amide bonds. The molecule has 3 N–H and O–H groups in total. The number of aliphatic carboxylic acids is 1. The lowest BCUT2D eigenvalue weighted by Crippen LogP contribution is -1.97. The molecule has 0 bridgehead atoms. The normalized spacial score (nSPS) is 10.6. The van der Waals surface area contributed by atoms with E-state index in [2.05, 4.69) is 13.8 Å². The summed E-state index contributed by atoms with van der Waals surface area (Å²) in [5.74, 6) is -0.655. The van der Waals surface area contributed by atoms with Gasteiger partial charge in [-0.3, -0.25) is 4.79 Å². The Balaban J connectivity index is 0. The first-order valence-corrected chi connectivity index (χ1v) is 13.1. The van der Waals surface area contributed by atoms with Crippen molar-refractivity contribution >= 4 is 5.97 Å². The third-order valence-corrected chi connectivity index (χ3v) is 5.55. The van der Waals surface area contributed by atoms with Crippen LogP contribution in [-0.4, -0.2) is 17.6 Å². The van der Waals surface area contributed by atoms with Gasteiger partial charge < -0.3 is 10.8 Å². The predicted octanol–water partition coefficient (Wildman–Crippen LogP) is 8.64. The molecule has 0 rings (SSSR count). The maximum atomic E-state index is 10.3. The molecule has 0 aromatic rings. The van der Waals surface area contributed by atoms with E-state index in [1.54, 1.807) is 0 Å². The Hall–Kier alpha value is -0.570. The number of unbranched alkanes of at least 4 members (excludes halogenated alkanes) is 19. The van der Waals surface area contributed by atoms with E-state index in [1.165, 1.54) is 122 Å². The lowest BCUT2D eigenvalue weighted by Gasteiger charge is -2.02. The van der Waals surface area contributed by atoms with Gasteiger partial charge in [-0.2, -0.15) is 0 Å². The molecule has 0 radical (unpaired) electrons. The molecular weight excluding hydrogens is 358 g/mol. The first-order chi connectivity index (χ1) is 14.2. The number of carboxylic acid groups (broad SMARTS) is 1. The lowest BCUT2D eigenvalue weighted by molar-refractivity contribution is -0.137. The van der Waals surface area contributed by atoms with Crippen LogP contribution in [0.1, 0.15) is 155 Å². The third-order valence-electron chi connectivity index (χ3n) is 5.55. The van der Waals surface area contributed by atoms with E-state index in [0.29, 0.717) is 6.42 Å². The summed E-state index contributed by atoms with van der Waals surface area (Å²) in [5, 5.41) is 8.49. The van der Waals surface area contributed by atoms with Crippen molar-refractivity contribution < 1.29 is 9.90 Å². The first-order valence-electron chi connectivity index (χ1n) is 13.1. The lowest BCUT2D eigenvalue weighted by atomic mass is 10.0. The molecule has 0 spiro atoms. The number of carbonyl (C=O) groups is 1. The SMILES string of the molecule is CCCCCCCCCCCCCCCC(=O)O.CCCCCCCCCCN. The summed E-state index contributed by atoms with van der Waals surface area (Å²) in [6.07, 6.45) is 28.3. The van der Waals surface area contributed by atoms with Gasteiger partial charge in [0.2, 0.25) is 0 Å². The van der Waals surface area contributed by atoms with Gasteiger partial charge in [-0.05, 0) is 19.4 Å². The second-order valence-electron chi connectivity index (χ2n) is 8.65. The summed E-state index contributed by atoms with van der Waals surface area (Å²) in [4.78, 5) is 10.3. The number of hydrogen-bond donors (Lipinski definition) is 2. The van der Waals surface area contributed by atoms with Gasteiger partial charge in [0.1, 0.15) is 0 Å². The van der Waals surface area contributed by atoms with Crippen LogP contribution in [0.25, 0.3) is 0 Å². The van der Waals surface area contributed by atoms with E-state index < -0.39 is 5.97 Å². The van der Waals surface area contributed by atoms with Crippen molar-refractivity contribution in [1.82, 2.24) is 0 Å². The van der Waals surface area contributed by atoms with Gasteiger partial charge in [-0.1, -0.05) is 136 Å². The van der Waals surface area contributed by atoms with Crippen LogP contribution in [0.4, 0.5) is 0 Å². The van der Waals surface area contributed by atoms with Crippen LogP contribution in [0.15, 0.2) is 0 Å². The van der Waals surface area contributed by atoms with Crippen molar-refractivity contribution in [2.45, 2.75) is 155 Å². The average molecular weight is 414 g/mol.